The first kappa shape index (κ1) is 5.57. The number of hydrogen-bond donors (Lipinski definition) is 0. The summed E-state index contributed by atoms with van der Waals surface area (Å²) in [6.07, 6.45) is 6.22. The second-order valence-corrected chi connectivity index (χ2v) is 2.54. The number of nitrogens with zero attached hydrogens (tertiary/aromatic N) is 1. The van der Waals surface area contributed by atoms with Crippen molar-refractivity contribution in [1.82, 2.24) is 0 Å². The topological polar surface area (TPSA) is 0 Å². The van der Waals surface area contributed by atoms with E-state index in [1.807, 2.05) is 7.05 Å². The van der Waals surface area contributed by atoms with Crippen LogP contribution in [0, 0.1) is 7.05 Å². The van der Waals surface area contributed by atoms with Crippen molar-refractivity contribution in [3.05, 3.63) is 31.1 Å². The molecule has 1 radical (unpaired) electrons. The summed E-state index contributed by atoms with van der Waals surface area (Å²) in [5.74, 6) is 0. The Balaban J connectivity index is 2.84. The van der Waals surface area contributed by atoms with E-state index in [1.165, 1.54) is 5.57 Å². The van der Waals surface area contributed by atoms with Crippen LogP contribution in [0.4, 0.5) is 0 Å². The first-order chi connectivity index (χ1) is 3.60. The van der Waals surface area contributed by atoms with Crippen LogP contribution in [0.5, 0.6) is 0 Å². The lowest BCUT2D eigenvalue weighted by atomic mass is 10.4. The minimum absolute atomic E-state index is 0.645. The molecule has 0 aromatic heterocycles. The van der Waals surface area contributed by atoms with Gasteiger partial charge in [0.2, 0.25) is 0 Å². The van der Waals surface area contributed by atoms with Gasteiger partial charge in [-0.2, -0.15) is 0 Å². The molecule has 1 heterocycles. The molecule has 0 saturated carbocycles. The Labute approximate surface area is 50.5 Å². The molecule has 1 aliphatic heterocycles. The molecule has 1 nitrogen and oxygen atoms in total. The average Bonchev–Trinajstić information content (AvgIpc) is 1.82. The van der Waals surface area contributed by atoms with Crippen LogP contribution in [0.2, 0.25) is 0 Å². The highest BCUT2D eigenvalue weighted by atomic mass is 15.3. The maximum Gasteiger partial charge on any atom is 0.137 e. The van der Waals surface area contributed by atoms with Crippen LogP contribution in [0.15, 0.2) is 24.0 Å². The third kappa shape index (κ3) is 0.984. The second kappa shape index (κ2) is 1.46. The van der Waals surface area contributed by atoms with E-state index < -0.39 is 0 Å². The van der Waals surface area contributed by atoms with E-state index in [0.29, 0.717) is 4.48 Å². The molecule has 1 rings (SSSR count). The normalized spacial score (nSPS) is 23.6. The quantitative estimate of drug-likeness (QED) is 0.415. The highest BCUT2D eigenvalue weighted by Crippen LogP contribution is 2.14. The van der Waals surface area contributed by atoms with E-state index in [0.717, 1.165) is 0 Å². The van der Waals surface area contributed by atoms with Crippen LogP contribution in [0.1, 0.15) is 6.92 Å². The van der Waals surface area contributed by atoms with Crippen LogP contribution in [0.3, 0.4) is 0 Å². The van der Waals surface area contributed by atoms with Crippen LogP contribution in [0.25, 0.3) is 0 Å². The summed E-state index contributed by atoms with van der Waals surface area (Å²) in [6, 6.07) is 0. The molecule has 0 N–H and O–H groups in total. The van der Waals surface area contributed by atoms with E-state index >= 15 is 0 Å². The third-order valence-corrected chi connectivity index (χ3v) is 1.18. The van der Waals surface area contributed by atoms with Crippen molar-refractivity contribution in [2.24, 2.45) is 0 Å². The van der Waals surface area contributed by atoms with Crippen molar-refractivity contribution >= 4 is 0 Å². The van der Waals surface area contributed by atoms with Gasteiger partial charge in [-0.3, -0.25) is 4.48 Å². The summed E-state index contributed by atoms with van der Waals surface area (Å²) in [6.45, 7) is 2.07. The van der Waals surface area contributed by atoms with Crippen LogP contribution >= 0.6 is 0 Å². The van der Waals surface area contributed by atoms with Gasteiger partial charge in [0.25, 0.3) is 0 Å². The van der Waals surface area contributed by atoms with Gasteiger partial charge < -0.3 is 0 Å². The highest BCUT2D eigenvalue weighted by molar-refractivity contribution is 5.16. The lowest BCUT2D eigenvalue weighted by Crippen LogP contribution is -2.19. The highest BCUT2D eigenvalue weighted by Gasteiger charge is 2.12. The van der Waals surface area contributed by atoms with Gasteiger partial charge in [-0.25, -0.2) is 0 Å². The molecular formula is C7H11N+. The Kier molecular flexibility index (Phi) is 1.01. The van der Waals surface area contributed by atoms with E-state index in [4.69, 9.17) is 0 Å². The maximum absolute atomic E-state index is 3.89. The molecule has 1 aliphatic rings. The van der Waals surface area contributed by atoms with Gasteiger partial charge in [-0.1, -0.05) is 0 Å². The van der Waals surface area contributed by atoms with Crippen LogP contribution in [-0.2, 0) is 0 Å². The first-order valence-electron chi connectivity index (χ1n) is 2.69. The summed E-state index contributed by atoms with van der Waals surface area (Å²) < 4.78 is 0.645. The van der Waals surface area contributed by atoms with E-state index in [-0.39, 0.29) is 0 Å². The molecule has 1 heteroatoms. The second-order valence-electron chi connectivity index (χ2n) is 2.54. The van der Waals surface area contributed by atoms with Gasteiger partial charge in [0.1, 0.15) is 19.4 Å². The van der Waals surface area contributed by atoms with E-state index in [1.54, 1.807) is 0 Å². The predicted molar refractivity (Wildman–Crippen MR) is 34.4 cm³/mol. The molecule has 43 valence electrons. The summed E-state index contributed by atoms with van der Waals surface area (Å²) in [4.78, 5) is 0. The summed E-state index contributed by atoms with van der Waals surface area (Å²) in [7, 11) is 5.93. The predicted octanol–water partition coefficient (Wildman–Crippen LogP) is 1.66. The molecule has 0 saturated heterocycles. The van der Waals surface area contributed by atoms with Crippen molar-refractivity contribution in [3.63, 3.8) is 0 Å². The smallest absolute Gasteiger partial charge is 0.137 e. The molecule has 0 amide bonds. The van der Waals surface area contributed by atoms with Crippen molar-refractivity contribution in [3.8, 4) is 0 Å². The minimum atomic E-state index is 0.645. The summed E-state index contributed by atoms with van der Waals surface area (Å²) in [5.41, 5.74) is 1.29. The van der Waals surface area contributed by atoms with Crippen molar-refractivity contribution < 1.29 is 4.48 Å². The van der Waals surface area contributed by atoms with E-state index in [9.17, 15) is 0 Å². The van der Waals surface area contributed by atoms with E-state index in [2.05, 4.69) is 32.4 Å². The molecule has 0 aliphatic carbocycles. The molecule has 0 fully saturated rings. The Bertz CT molecular complexity index is 152. The standard InChI is InChI=1S/C7H11N/c1-7-4-5-8(2,3)6-7/h4-6H,2H2,1,3H3/q+1. The monoisotopic (exact) mass is 109 g/mol. The fourth-order valence-corrected chi connectivity index (χ4v) is 0.839. The number of hydrogen-bond acceptors (Lipinski definition) is 0. The van der Waals surface area contributed by atoms with Gasteiger partial charge >= 0.3 is 0 Å². The van der Waals surface area contributed by atoms with Crippen molar-refractivity contribution in [2.45, 2.75) is 6.92 Å². The molecule has 8 heavy (non-hydrogen) atoms. The summed E-state index contributed by atoms with van der Waals surface area (Å²) in [5, 5.41) is 0. The first-order valence-corrected chi connectivity index (χ1v) is 2.69. The molecule has 0 bridgehead atoms. The van der Waals surface area contributed by atoms with Crippen molar-refractivity contribution in [2.75, 3.05) is 7.05 Å². The van der Waals surface area contributed by atoms with Gasteiger partial charge in [0.15, 0.2) is 0 Å². The Morgan fingerprint density at radius 1 is 1.62 bits per heavy atom. The zero-order valence-electron chi connectivity index (χ0n) is 5.39. The Hall–Kier alpha value is -0.560. The number of quaternary nitrogens is 1. The van der Waals surface area contributed by atoms with Crippen LogP contribution in [-0.4, -0.2) is 11.5 Å². The largest absolute Gasteiger partial charge is 0.269 e. The molecule has 0 aromatic rings. The zero-order valence-corrected chi connectivity index (χ0v) is 5.39. The molecule has 1 unspecified atom stereocenters. The average molecular weight is 109 g/mol. The van der Waals surface area contributed by atoms with Gasteiger partial charge in [-0.05, 0) is 13.0 Å². The molecule has 1 atom stereocenters. The minimum Gasteiger partial charge on any atom is -0.269 e. The lowest BCUT2D eigenvalue weighted by molar-refractivity contribution is -0.754. The van der Waals surface area contributed by atoms with Crippen LogP contribution < -0.4 is 0 Å². The molecule has 0 aromatic carbocycles. The lowest BCUT2D eigenvalue weighted by Gasteiger charge is -2.13. The van der Waals surface area contributed by atoms with Gasteiger partial charge in [0.05, 0.1) is 7.05 Å². The fraction of sp³-hybridized carbons (Fsp3) is 0.286. The fourth-order valence-electron chi connectivity index (χ4n) is 0.839. The summed E-state index contributed by atoms with van der Waals surface area (Å²) >= 11 is 0. The third-order valence-electron chi connectivity index (χ3n) is 1.18. The Morgan fingerprint density at radius 2 is 2.25 bits per heavy atom. The number of rotatable bonds is 0. The zero-order chi connectivity index (χ0) is 6.20. The Morgan fingerprint density at radius 3 is 2.38 bits per heavy atom. The van der Waals surface area contributed by atoms with Crippen molar-refractivity contribution in [1.29, 1.82) is 0 Å². The number of allylic oxidation sites excluding steroid dienone is 2. The van der Waals surface area contributed by atoms with Gasteiger partial charge in [-0.15, -0.1) is 0 Å². The SMILES string of the molecule is [CH2][N+]1(C)C=CC(C)=C1. The van der Waals surface area contributed by atoms with Gasteiger partial charge in [0, 0.05) is 5.57 Å². The maximum atomic E-state index is 3.89. The molecular weight excluding hydrogens is 98.1 g/mol. The molecule has 0 spiro atoms.